The monoisotopic (exact) mass is 213 g/mol. The van der Waals surface area contributed by atoms with E-state index in [2.05, 4.69) is 4.98 Å². The Labute approximate surface area is 84.7 Å². The first-order valence-corrected chi connectivity index (χ1v) is 4.37. The van der Waals surface area contributed by atoms with Gasteiger partial charge in [-0.3, -0.25) is 0 Å². The van der Waals surface area contributed by atoms with Crippen molar-refractivity contribution in [3.05, 3.63) is 34.6 Å². The average Bonchev–Trinajstić information content (AvgIpc) is 2.02. The standard InChI is InChI=1S/C9H5Cl2NO/c10-8-4-5-3-6(13)1-2-7(5)9(11)12-8/h1-4,13H. The molecule has 0 atom stereocenters. The van der Waals surface area contributed by atoms with Crippen molar-refractivity contribution in [1.29, 1.82) is 0 Å². The van der Waals surface area contributed by atoms with Crippen molar-refractivity contribution in [2.45, 2.75) is 0 Å². The summed E-state index contributed by atoms with van der Waals surface area (Å²) in [5.74, 6) is 0.186. The third kappa shape index (κ3) is 1.55. The zero-order valence-electron chi connectivity index (χ0n) is 6.46. The molecular weight excluding hydrogens is 209 g/mol. The summed E-state index contributed by atoms with van der Waals surface area (Å²) in [6.07, 6.45) is 0. The van der Waals surface area contributed by atoms with E-state index < -0.39 is 0 Å². The molecule has 0 aliphatic carbocycles. The van der Waals surface area contributed by atoms with Gasteiger partial charge in [0, 0.05) is 5.39 Å². The molecule has 1 heterocycles. The molecule has 0 aliphatic heterocycles. The average molecular weight is 214 g/mol. The van der Waals surface area contributed by atoms with Gasteiger partial charge in [0.1, 0.15) is 16.1 Å². The van der Waals surface area contributed by atoms with Crippen molar-refractivity contribution in [2.24, 2.45) is 0 Å². The van der Waals surface area contributed by atoms with Gasteiger partial charge in [-0.2, -0.15) is 0 Å². The molecule has 1 aromatic heterocycles. The number of nitrogens with zero attached hydrogens (tertiary/aromatic N) is 1. The Morgan fingerprint density at radius 3 is 2.69 bits per heavy atom. The normalized spacial score (nSPS) is 10.6. The lowest BCUT2D eigenvalue weighted by Crippen LogP contribution is -1.80. The summed E-state index contributed by atoms with van der Waals surface area (Å²) in [5, 5.41) is 11.4. The van der Waals surface area contributed by atoms with Gasteiger partial charge in [-0.05, 0) is 29.7 Å². The van der Waals surface area contributed by atoms with Gasteiger partial charge in [0.25, 0.3) is 0 Å². The number of pyridine rings is 1. The molecule has 0 saturated heterocycles. The maximum atomic E-state index is 9.21. The van der Waals surface area contributed by atoms with Crippen molar-refractivity contribution < 1.29 is 5.11 Å². The lowest BCUT2D eigenvalue weighted by atomic mass is 10.2. The Bertz CT molecular complexity index is 465. The highest BCUT2D eigenvalue weighted by molar-refractivity contribution is 6.36. The second-order valence-corrected chi connectivity index (χ2v) is 3.39. The molecule has 0 spiro atoms. The molecule has 0 unspecified atom stereocenters. The van der Waals surface area contributed by atoms with E-state index in [1.165, 1.54) is 0 Å². The van der Waals surface area contributed by atoms with Crippen LogP contribution in [-0.4, -0.2) is 10.1 Å². The minimum Gasteiger partial charge on any atom is -0.508 e. The summed E-state index contributed by atoms with van der Waals surface area (Å²) in [6, 6.07) is 6.51. The first-order valence-electron chi connectivity index (χ1n) is 3.61. The van der Waals surface area contributed by atoms with Gasteiger partial charge in [0.15, 0.2) is 0 Å². The van der Waals surface area contributed by atoms with Crippen LogP contribution in [0.25, 0.3) is 10.8 Å². The van der Waals surface area contributed by atoms with Crippen LogP contribution in [0.15, 0.2) is 24.3 Å². The van der Waals surface area contributed by atoms with Gasteiger partial charge in [0.2, 0.25) is 0 Å². The number of hydrogen-bond acceptors (Lipinski definition) is 2. The quantitative estimate of drug-likeness (QED) is 0.682. The molecule has 1 aromatic carbocycles. The van der Waals surface area contributed by atoms with Crippen LogP contribution in [0.1, 0.15) is 0 Å². The van der Waals surface area contributed by atoms with Crippen molar-refractivity contribution in [1.82, 2.24) is 4.98 Å². The van der Waals surface area contributed by atoms with E-state index in [1.807, 2.05) is 0 Å². The number of hydrogen-bond donors (Lipinski definition) is 1. The number of phenols is 1. The SMILES string of the molecule is Oc1ccc2c(Cl)nc(Cl)cc2c1. The van der Waals surface area contributed by atoms with Gasteiger partial charge in [-0.15, -0.1) is 0 Å². The summed E-state index contributed by atoms with van der Waals surface area (Å²) in [6.45, 7) is 0. The largest absolute Gasteiger partial charge is 0.508 e. The highest BCUT2D eigenvalue weighted by Crippen LogP contribution is 2.27. The van der Waals surface area contributed by atoms with Crippen LogP contribution in [0.3, 0.4) is 0 Å². The van der Waals surface area contributed by atoms with Crippen LogP contribution in [0.2, 0.25) is 10.3 Å². The van der Waals surface area contributed by atoms with Gasteiger partial charge in [0.05, 0.1) is 0 Å². The van der Waals surface area contributed by atoms with Gasteiger partial charge in [-0.1, -0.05) is 23.2 Å². The Morgan fingerprint density at radius 2 is 1.92 bits per heavy atom. The first kappa shape index (κ1) is 8.60. The number of halogens is 2. The zero-order chi connectivity index (χ0) is 9.42. The van der Waals surface area contributed by atoms with E-state index in [4.69, 9.17) is 23.2 Å². The van der Waals surface area contributed by atoms with Crippen LogP contribution in [0, 0.1) is 0 Å². The van der Waals surface area contributed by atoms with Crippen molar-refractivity contribution in [3.63, 3.8) is 0 Å². The molecular formula is C9H5Cl2NO. The van der Waals surface area contributed by atoms with Crippen molar-refractivity contribution in [3.8, 4) is 5.75 Å². The van der Waals surface area contributed by atoms with Gasteiger partial charge in [-0.25, -0.2) is 4.98 Å². The molecule has 2 aromatic rings. The third-order valence-corrected chi connectivity index (χ3v) is 2.22. The van der Waals surface area contributed by atoms with E-state index in [0.29, 0.717) is 10.3 Å². The van der Waals surface area contributed by atoms with Crippen molar-refractivity contribution in [2.75, 3.05) is 0 Å². The lowest BCUT2D eigenvalue weighted by molar-refractivity contribution is 0.476. The van der Waals surface area contributed by atoms with Crippen molar-refractivity contribution >= 4 is 34.0 Å². The van der Waals surface area contributed by atoms with Crippen LogP contribution in [-0.2, 0) is 0 Å². The Hall–Kier alpha value is -0.990. The molecule has 66 valence electrons. The topological polar surface area (TPSA) is 33.1 Å². The van der Waals surface area contributed by atoms with Gasteiger partial charge >= 0.3 is 0 Å². The predicted molar refractivity (Wildman–Crippen MR) is 53.4 cm³/mol. The van der Waals surface area contributed by atoms with E-state index >= 15 is 0 Å². The molecule has 4 heteroatoms. The van der Waals surface area contributed by atoms with E-state index in [-0.39, 0.29) is 5.75 Å². The molecule has 0 radical (unpaired) electrons. The highest BCUT2D eigenvalue weighted by Gasteiger charge is 2.02. The molecule has 0 saturated carbocycles. The van der Waals surface area contributed by atoms with Gasteiger partial charge < -0.3 is 5.11 Å². The Morgan fingerprint density at radius 1 is 1.15 bits per heavy atom. The molecule has 0 aliphatic rings. The third-order valence-electron chi connectivity index (χ3n) is 1.74. The number of rotatable bonds is 0. The number of benzene rings is 1. The summed E-state index contributed by atoms with van der Waals surface area (Å²) in [5.41, 5.74) is 0. The van der Waals surface area contributed by atoms with Crippen LogP contribution in [0.5, 0.6) is 5.75 Å². The van der Waals surface area contributed by atoms with Crippen LogP contribution in [0.4, 0.5) is 0 Å². The maximum absolute atomic E-state index is 9.21. The minimum absolute atomic E-state index is 0.186. The summed E-state index contributed by atoms with van der Waals surface area (Å²) in [4.78, 5) is 3.88. The minimum atomic E-state index is 0.186. The molecule has 1 N–H and O–H groups in total. The number of aromatic nitrogens is 1. The van der Waals surface area contributed by atoms with Crippen LogP contribution < -0.4 is 0 Å². The summed E-state index contributed by atoms with van der Waals surface area (Å²) in [7, 11) is 0. The fourth-order valence-corrected chi connectivity index (χ4v) is 1.68. The fourth-order valence-electron chi connectivity index (χ4n) is 1.17. The number of aromatic hydroxyl groups is 1. The molecule has 13 heavy (non-hydrogen) atoms. The first-order chi connectivity index (χ1) is 6.16. The molecule has 2 nitrogen and oxygen atoms in total. The summed E-state index contributed by atoms with van der Waals surface area (Å²) >= 11 is 11.5. The number of fused-ring (bicyclic) bond motifs is 1. The van der Waals surface area contributed by atoms with E-state index in [0.717, 1.165) is 10.8 Å². The maximum Gasteiger partial charge on any atom is 0.138 e. The smallest absolute Gasteiger partial charge is 0.138 e. The van der Waals surface area contributed by atoms with E-state index in [9.17, 15) is 5.11 Å². The predicted octanol–water partition coefficient (Wildman–Crippen LogP) is 3.25. The number of phenolic OH excluding ortho intramolecular Hbond substituents is 1. The van der Waals surface area contributed by atoms with E-state index in [1.54, 1.807) is 24.3 Å². The lowest BCUT2D eigenvalue weighted by Gasteiger charge is -2.00. The molecule has 2 rings (SSSR count). The molecule has 0 bridgehead atoms. The van der Waals surface area contributed by atoms with Crippen LogP contribution >= 0.6 is 23.2 Å². The zero-order valence-corrected chi connectivity index (χ0v) is 7.97. The second kappa shape index (κ2) is 3.05. The second-order valence-electron chi connectivity index (χ2n) is 2.64. The highest BCUT2D eigenvalue weighted by atomic mass is 35.5. The molecule has 0 amide bonds. The summed E-state index contributed by atoms with van der Waals surface area (Å²) < 4.78 is 0. The Balaban J connectivity index is 2.86. The Kier molecular flexibility index (Phi) is 2.02. The fraction of sp³-hybridized carbons (Fsp3) is 0. The molecule has 0 fully saturated rings.